The predicted molar refractivity (Wildman–Crippen MR) is 117 cm³/mol. The lowest BCUT2D eigenvalue weighted by molar-refractivity contribution is 0.364. The van der Waals surface area contributed by atoms with Crippen LogP contribution in [0.3, 0.4) is 0 Å². The van der Waals surface area contributed by atoms with E-state index in [1.165, 1.54) is 11.1 Å². The molecule has 0 amide bonds. The lowest BCUT2D eigenvalue weighted by Gasteiger charge is -2.17. The van der Waals surface area contributed by atoms with Gasteiger partial charge in [-0.05, 0) is 45.3 Å². The molecule has 0 aliphatic heterocycles. The molecule has 2 aromatic heterocycles. The topological polar surface area (TPSA) is 82.8 Å². The standard InChI is InChI=1S/C22H27N5O.ClH/c1-15-6-8-18(9-7-15)14-27-17(3)19(16(2)25-27)10-11-20-24-21(26-28-20)22(23)12-4-5-13-22;/h6-11H,4-5,12-14,23H2,1-3H3;1H/b11-10+;. The Kier molecular flexibility index (Phi) is 6.24. The molecule has 0 saturated heterocycles. The highest BCUT2D eigenvalue weighted by molar-refractivity contribution is 5.85. The summed E-state index contributed by atoms with van der Waals surface area (Å²) in [6.07, 6.45) is 7.92. The van der Waals surface area contributed by atoms with Crippen LogP contribution >= 0.6 is 12.4 Å². The van der Waals surface area contributed by atoms with Gasteiger partial charge in [0.15, 0.2) is 5.82 Å². The first kappa shape index (κ1) is 21.3. The molecule has 1 aliphatic carbocycles. The van der Waals surface area contributed by atoms with E-state index in [1.807, 2.05) is 23.8 Å². The number of nitrogens with zero attached hydrogens (tertiary/aromatic N) is 4. The maximum atomic E-state index is 6.41. The van der Waals surface area contributed by atoms with Crippen LogP contribution in [0.1, 0.15) is 65.5 Å². The van der Waals surface area contributed by atoms with Gasteiger partial charge < -0.3 is 10.3 Å². The van der Waals surface area contributed by atoms with Gasteiger partial charge in [0, 0.05) is 17.3 Å². The van der Waals surface area contributed by atoms with Crippen molar-refractivity contribution in [3.05, 3.63) is 64.1 Å². The van der Waals surface area contributed by atoms with Crippen molar-refractivity contribution in [3.8, 4) is 0 Å². The molecular weight excluding hydrogens is 386 g/mol. The Bertz CT molecular complexity index is 997. The largest absolute Gasteiger partial charge is 0.335 e. The summed E-state index contributed by atoms with van der Waals surface area (Å²) in [6.45, 7) is 6.95. The zero-order valence-electron chi connectivity index (χ0n) is 17.2. The summed E-state index contributed by atoms with van der Waals surface area (Å²) in [5, 5.41) is 8.81. The van der Waals surface area contributed by atoms with Crippen LogP contribution in [0.2, 0.25) is 0 Å². The third-order valence-corrected chi connectivity index (χ3v) is 5.67. The highest BCUT2D eigenvalue weighted by Gasteiger charge is 2.35. The summed E-state index contributed by atoms with van der Waals surface area (Å²) in [7, 11) is 0. The number of aryl methyl sites for hydroxylation is 2. The van der Waals surface area contributed by atoms with Gasteiger partial charge in [-0.3, -0.25) is 4.68 Å². The van der Waals surface area contributed by atoms with Crippen molar-refractivity contribution in [1.82, 2.24) is 19.9 Å². The number of rotatable bonds is 5. The minimum Gasteiger partial charge on any atom is -0.335 e. The summed E-state index contributed by atoms with van der Waals surface area (Å²) >= 11 is 0. The van der Waals surface area contributed by atoms with E-state index in [4.69, 9.17) is 15.4 Å². The van der Waals surface area contributed by atoms with Gasteiger partial charge >= 0.3 is 0 Å². The molecule has 1 saturated carbocycles. The second kappa shape index (κ2) is 8.51. The van der Waals surface area contributed by atoms with Gasteiger partial charge in [-0.2, -0.15) is 10.1 Å². The van der Waals surface area contributed by atoms with Gasteiger partial charge in [-0.15, -0.1) is 12.4 Å². The zero-order chi connectivity index (χ0) is 19.7. The van der Waals surface area contributed by atoms with Crippen molar-refractivity contribution >= 4 is 24.6 Å². The highest BCUT2D eigenvalue weighted by Crippen LogP contribution is 2.34. The number of benzene rings is 1. The van der Waals surface area contributed by atoms with Crippen molar-refractivity contribution in [3.63, 3.8) is 0 Å². The summed E-state index contributed by atoms with van der Waals surface area (Å²) in [5.74, 6) is 1.10. The minimum atomic E-state index is -0.430. The number of aromatic nitrogens is 4. The van der Waals surface area contributed by atoms with Gasteiger partial charge in [0.25, 0.3) is 5.89 Å². The first-order chi connectivity index (χ1) is 13.4. The van der Waals surface area contributed by atoms with Gasteiger partial charge in [0.05, 0.1) is 17.8 Å². The zero-order valence-corrected chi connectivity index (χ0v) is 18.0. The second-order valence-electron chi connectivity index (χ2n) is 7.88. The monoisotopic (exact) mass is 413 g/mol. The molecule has 1 fully saturated rings. The van der Waals surface area contributed by atoms with E-state index in [0.717, 1.165) is 49.2 Å². The van der Waals surface area contributed by atoms with Gasteiger partial charge in [-0.1, -0.05) is 47.8 Å². The molecule has 6 nitrogen and oxygen atoms in total. The number of hydrogen-bond acceptors (Lipinski definition) is 5. The Morgan fingerprint density at radius 3 is 2.48 bits per heavy atom. The van der Waals surface area contributed by atoms with Gasteiger partial charge in [-0.25, -0.2) is 0 Å². The maximum Gasteiger partial charge on any atom is 0.250 e. The SMILES string of the molecule is Cc1ccc(Cn2nc(C)c(/C=C/c3nc(C4(N)CCCC4)no3)c2C)cc1.Cl. The number of nitrogens with two attached hydrogens (primary N) is 1. The van der Waals surface area contributed by atoms with Crippen molar-refractivity contribution in [2.45, 2.75) is 58.5 Å². The van der Waals surface area contributed by atoms with E-state index >= 15 is 0 Å². The summed E-state index contributed by atoms with van der Waals surface area (Å²) < 4.78 is 7.44. The fourth-order valence-electron chi connectivity index (χ4n) is 3.86. The van der Waals surface area contributed by atoms with E-state index in [9.17, 15) is 0 Å². The first-order valence-electron chi connectivity index (χ1n) is 9.85. The molecule has 3 aromatic rings. The highest BCUT2D eigenvalue weighted by atomic mass is 35.5. The quantitative estimate of drug-likeness (QED) is 0.662. The first-order valence-corrected chi connectivity index (χ1v) is 9.85. The average molecular weight is 414 g/mol. The fraction of sp³-hybridized carbons (Fsp3) is 0.409. The van der Waals surface area contributed by atoms with Crippen molar-refractivity contribution < 1.29 is 4.52 Å². The molecule has 2 N–H and O–H groups in total. The maximum absolute atomic E-state index is 6.41. The predicted octanol–water partition coefficient (Wildman–Crippen LogP) is 4.56. The van der Waals surface area contributed by atoms with Crippen LogP contribution in [0, 0.1) is 20.8 Å². The second-order valence-corrected chi connectivity index (χ2v) is 7.88. The van der Waals surface area contributed by atoms with Crippen LogP contribution in [0.15, 0.2) is 28.8 Å². The van der Waals surface area contributed by atoms with Gasteiger partial charge in [0.1, 0.15) is 0 Å². The third-order valence-electron chi connectivity index (χ3n) is 5.67. The minimum absolute atomic E-state index is 0. The Balaban J connectivity index is 0.00000240. The van der Waals surface area contributed by atoms with E-state index in [1.54, 1.807) is 0 Å². The van der Waals surface area contributed by atoms with E-state index < -0.39 is 5.54 Å². The molecular formula is C22H28ClN5O. The molecule has 0 spiro atoms. The Hall–Kier alpha value is -2.44. The van der Waals surface area contributed by atoms with Crippen molar-refractivity contribution in [2.75, 3.05) is 0 Å². The van der Waals surface area contributed by atoms with Crippen LogP contribution < -0.4 is 5.73 Å². The molecule has 0 bridgehead atoms. The smallest absolute Gasteiger partial charge is 0.250 e. The summed E-state index contributed by atoms with van der Waals surface area (Å²) in [5.41, 5.74) is 11.6. The van der Waals surface area contributed by atoms with Crippen molar-refractivity contribution in [1.29, 1.82) is 0 Å². The van der Waals surface area contributed by atoms with E-state index in [0.29, 0.717) is 11.7 Å². The van der Waals surface area contributed by atoms with Crippen molar-refractivity contribution in [2.24, 2.45) is 5.73 Å². The molecule has 4 rings (SSSR count). The number of halogens is 1. The average Bonchev–Trinajstić information content (AvgIpc) is 3.38. The van der Waals surface area contributed by atoms with Crippen LogP contribution in [0.5, 0.6) is 0 Å². The molecule has 0 atom stereocenters. The lowest BCUT2D eigenvalue weighted by Crippen LogP contribution is -2.34. The van der Waals surface area contributed by atoms with Crippen LogP contribution in [-0.4, -0.2) is 19.9 Å². The third kappa shape index (κ3) is 4.43. The molecule has 1 aromatic carbocycles. The van der Waals surface area contributed by atoms with Crippen LogP contribution in [0.25, 0.3) is 12.2 Å². The van der Waals surface area contributed by atoms with E-state index in [2.05, 4.69) is 48.3 Å². The molecule has 7 heteroatoms. The molecule has 0 unspecified atom stereocenters. The summed E-state index contributed by atoms with van der Waals surface area (Å²) in [4.78, 5) is 4.50. The van der Waals surface area contributed by atoms with E-state index in [-0.39, 0.29) is 12.4 Å². The molecule has 29 heavy (non-hydrogen) atoms. The Morgan fingerprint density at radius 2 is 1.79 bits per heavy atom. The lowest BCUT2D eigenvalue weighted by atomic mass is 9.99. The Labute approximate surface area is 177 Å². The van der Waals surface area contributed by atoms with Crippen LogP contribution in [-0.2, 0) is 12.1 Å². The molecule has 154 valence electrons. The Morgan fingerprint density at radius 1 is 1.10 bits per heavy atom. The van der Waals surface area contributed by atoms with Crippen LogP contribution in [0.4, 0.5) is 0 Å². The number of hydrogen-bond donors (Lipinski definition) is 1. The summed E-state index contributed by atoms with van der Waals surface area (Å²) in [6, 6.07) is 8.55. The molecule has 2 heterocycles. The van der Waals surface area contributed by atoms with Gasteiger partial charge in [0.2, 0.25) is 0 Å². The normalized spacial score (nSPS) is 15.7. The molecule has 0 radical (unpaired) electrons. The fourth-order valence-corrected chi connectivity index (χ4v) is 3.86. The molecule has 1 aliphatic rings.